The monoisotopic (exact) mass is 183 g/mol. The van der Waals surface area contributed by atoms with Crippen LogP contribution in [0.25, 0.3) is 6.08 Å². The Morgan fingerprint density at radius 3 is 3.07 bits per heavy atom. The average Bonchev–Trinajstić information content (AvgIpc) is 2.27. The highest BCUT2D eigenvalue weighted by Gasteiger charge is 2.19. The van der Waals surface area contributed by atoms with Gasteiger partial charge in [-0.2, -0.15) is 5.26 Å². The lowest BCUT2D eigenvalue weighted by atomic mass is 9.83. The standard InChI is InChI=1S/C13H13N/c1-2-10-6-7-11-4-3-5-12(9-14)13(11)8-10/h2,6-8,12H,1,3-5H2. The zero-order chi connectivity index (χ0) is 9.97. The Kier molecular flexibility index (Phi) is 2.37. The fourth-order valence-corrected chi connectivity index (χ4v) is 2.08. The summed E-state index contributed by atoms with van der Waals surface area (Å²) < 4.78 is 0. The van der Waals surface area contributed by atoms with Gasteiger partial charge in [0.25, 0.3) is 0 Å². The second-order valence-corrected chi connectivity index (χ2v) is 3.74. The van der Waals surface area contributed by atoms with Crippen molar-refractivity contribution in [1.29, 1.82) is 5.26 Å². The molecule has 1 heteroatoms. The minimum Gasteiger partial charge on any atom is -0.198 e. The van der Waals surface area contributed by atoms with Crippen molar-refractivity contribution >= 4 is 6.08 Å². The molecule has 0 saturated carbocycles. The minimum absolute atomic E-state index is 0.0960. The van der Waals surface area contributed by atoms with Gasteiger partial charge in [0, 0.05) is 0 Å². The van der Waals surface area contributed by atoms with Crippen LogP contribution in [0.4, 0.5) is 0 Å². The van der Waals surface area contributed by atoms with Crippen LogP contribution in [0.5, 0.6) is 0 Å². The van der Waals surface area contributed by atoms with Crippen molar-refractivity contribution in [2.24, 2.45) is 0 Å². The van der Waals surface area contributed by atoms with E-state index in [-0.39, 0.29) is 5.92 Å². The first-order chi connectivity index (χ1) is 6.85. The van der Waals surface area contributed by atoms with Crippen LogP contribution in [-0.4, -0.2) is 0 Å². The lowest BCUT2D eigenvalue weighted by molar-refractivity contribution is 0.636. The lowest BCUT2D eigenvalue weighted by Crippen LogP contribution is -2.08. The largest absolute Gasteiger partial charge is 0.198 e. The molecule has 1 unspecified atom stereocenters. The van der Waals surface area contributed by atoms with Crippen molar-refractivity contribution in [3.8, 4) is 6.07 Å². The molecule has 1 aromatic rings. The van der Waals surface area contributed by atoms with E-state index >= 15 is 0 Å². The summed E-state index contributed by atoms with van der Waals surface area (Å²) in [6.07, 6.45) is 5.09. The van der Waals surface area contributed by atoms with Crippen LogP contribution < -0.4 is 0 Å². The Hall–Kier alpha value is -1.55. The van der Waals surface area contributed by atoms with Gasteiger partial charge in [0.2, 0.25) is 0 Å². The molecule has 0 saturated heterocycles. The number of fused-ring (bicyclic) bond motifs is 1. The fraction of sp³-hybridized carbons (Fsp3) is 0.308. The third-order valence-electron chi connectivity index (χ3n) is 2.88. The minimum atomic E-state index is 0.0960. The highest BCUT2D eigenvalue weighted by Crippen LogP contribution is 2.31. The molecule has 1 aromatic carbocycles. The molecule has 1 aliphatic carbocycles. The van der Waals surface area contributed by atoms with Gasteiger partial charge in [-0.05, 0) is 36.0 Å². The molecule has 0 heterocycles. The van der Waals surface area contributed by atoms with Gasteiger partial charge >= 0.3 is 0 Å². The maximum Gasteiger partial charge on any atom is 0.0715 e. The van der Waals surface area contributed by atoms with Crippen molar-refractivity contribution in [2.45, 2.75) is 25.2 Å². The third-order valence-corrected chi connectivity index (χ3v) is 2.88. The molecule has 1 aliphatic rings. The summed E-state index contributed by atoms with van der Waals surface area (Å²) >= 11 is 0. The molecule has 14 heavy (non-hydrogen) atoms. The molecule has 0 bridgehead atoms. The van der Waals surface area contributed by atoms with Gasteiger partial charge in [0.1, 0.15) is 0 Å². The average molecular weight is 183 g/mol. The smallest absolute Gasteiger partial charge is 0.0715 e. The van der Waals surface area contributed by atoms with Crippen molar-refractivity contribution < 1.29 is 0 Å². The van der Waals surface area contributed by atoms with Gasteiger partial charge in [0.05, 0.1) is 12.0 Å². The number of nitriles is 1. The third kappa shape index (κ3) is 1.44. The van der Waals surface area contributed by atoms with E-state index in [1.54, 1.807) is 0 Å². The first-order valence-electron chi connectivity index (χ1n) is 5.00. The molecule has 0 spiro atoms. The Morgan fingerprint density at radius 2 is 2.36 bits per heavy atom. The fourth-order valence-electron chi connectivity index (χ4n) is 2.08. The molecule has 1 atom stereocenters. The van der Waals surface area contributed by atoms with Crippen LogP contribution in [0.15, 0.2) is 24.8 Å². The predicted octanol–water partition coefficient (Wildman–Crippen LogP) is 3.27. The molecule has 0 aliphatic heterocycles. The van der Waals surface area contributed by atoms with Crippen molar-refractivity contribution in [2.75, 3.05) is 0 Å². The summed E-state index contributed by atoms with van der Waals surface area (Å²) in [7, 11) is 0. The van der Waals surface area contributed by atoms with Crippen LogP contribution in [0.2, 0.25) is 0 Å². The van der Waals surface area contributed by atoms with E-state index in [2.05, 4.69) is 30.8 Å². The Balaban J connectivity index is 2.49. The maximum atomic E-state index is 9.03. The normalized spacial score (nSPS) is 19.5. The summed E-state index contributed by atoms with van der Waals surface area (Å²) in [5.41, 5.74) is 3.68. The van der Waals surface area contributed by atoms with E-state index in [0.29, 0.717) is 0 Å². The molecule has 70 valence electrons. The van der Waals surface area contributed by atoms with Crippen molar-refractivity contribution in [3.63, 3.8) is 0 Å². The number of hydrogen-bond acceptors (Lipinski definition) is 1. The summed E-state index contributed by atoms with van der Waals surface area (Å²) in [4.78, 5) is 0. The van der Waals surface area contributed by atoms with Gasteiger partial charge in [-0.15, -0.1) is 0 Å². The second kappa shape index (κ2) is 3.67. The van der Waals surface area contributed by atoms with Gasteiger partial charge in [-0.1, -0.05) is 30.9 Å². The first-order valence-corrected chi connectivity index (χ1v) is 5.00. The Morgan fingerprint density at radius 1 is 1.50 bits per heavy atom. The Labute approximate surface area is 84.7 Å². The van der Waals surface area contributed by atoms with E-state index in [9.17, 15) is 0 Å². The van der Waals surface area contributed by atoms with Crippen LogP contribution in [0.3, 0.4) is 0 Å². The SMILES string of the molecule is C=Cc1ccc2c(c1)C(C#N)CCC2. The molecular formula is C13H13N. The summed E-state index contributed by atoms with van der Waals surface area (Å²) in [5.74, 6) is 0.0960. The second-order valence-electron chi connectivity index (χ2n) is 3.74. The number of rotatable bonds is 1. The lowest BCUT2D eigenvalue weighted by Gasteiger charge is -2.20. The van der Waals surface area contributed by atoms with E-state index < -0.39 is 0 Å². The molecule has 0 amide bonds. The van der Waals surface area contributed by atoms with Crippen molar-refractivity contribution in [3.05, 3.63) is 41.5 Å². The van der Waals surface area contributed by atoms with Gasteiger partial charge in [-0.3, -0.25) is 0 Å². The molecule has 0 N–H and O–H groups in total. The molecule has 1 nitrogen and oxygen atoms in total. The zero-order valence-electron chi connectivity index (χ0n) is 8.16. The maximum absolute atomic E-state index is 9.03. The van der Waals surface area contributed by atoms with Gasteiger partial charge in [-0.25, -0.2) is 0 Å². The molecule has 0 radical (unpaired) electrons. The predicted molar refractivity (Wildman–Crippen MR) is 57.8 cm³/mol. The highest BCUT2D eigenvalue weighted by atomic mass is 14.3. The van der Waals surface area contributed by atoms with Gasteiger partial charge < -0.3 is 0 Å². The van der Waals surface area contributed by atoms with E-state index in [1.165, 1.54) is 11.1 Å². The van der Waals surface area contributed by atoms with E-state index in [0.717, 1.165) is 24.8 Å². The summed E-state index contributed by atoms with van der Waals surface area (Å²) in [5, 5.41) is 9.03. The van der Waals surface area contributed by atoms with Crippen LogP contribution in [-0.2, 0) is 6.42 Å². The van der Waals surface area contributed by atoms with Crippen LogP contribution in [0, 0.1) is 11.3 Å². The quantitative estimate of drug-likeness (QED) is 0.655. The summed E-state index contributed by atoms with van der Waals surface area (Å²) in [6.45, 7) is 3.75. The van der Waals surface area contributed by atoms with Crippen LogP contribution in [0.1, 0.15) is 35.4 Å². The number of nitrogens with zero attached hydrogens (tertiary/aromatic N) is 1. The Bertz CT molecular complexity index is 398. The number of hydrogen-bond donors (Lipinski definition) is 0. The van der Waals surface area contributed by atoms with Gasteiger partial charge in [0.15, 0.2) is 0 Å². The van der Waals surface area contributed by atoms with Crippen molar-refractivity contribution in [1.82, 2.24) is 0 Å². The molecule has 2 rings (SSSR count). The topological polar surface area (TPSA) is 23.8 Å². The molecule has 0 aromatic heterocycles. The number of aryl methyl sites for hydroxylation is 1. The first kappa shape index (κ1) is 9.02. The van der Waals surface area contributed by atoms with E-state index in [4.69, 9.17) is 5.26 Å². The molecule has 0 fully saturated rings. The zero-order valence-corrected chi connectivity index (χ0v) is 8.16. The highest BCUT2D eigenvalue weighted by molar-refractivity contribution is 5.52. The number of benzene rings is 1. The summed E-state index contributed by atoms with van der Waals surface area (Å²) in [6, 6.07) is 8.69. The van der Waals surface area contributed by atoms with E-state index in [1.807, 2.05) is 6.08 Å². The molecular weight excluding hydrogens is 170 g/mol. The van der Waals surface area contributed by atoms with Crippen LogP contribution >= 0.6 is 0 Å².